The highest BCUT2D eigenvalue weighted by Crippen LogP contribution is 2.12. The first-order valence-electron chi connectivity index (χ1n) is 8.78. The molecule has 3 amide bonds. The predicted molar refractivity (Wildman–Crippen MR) is 108 cm³/mol. The molecule has 0 spiro atoms. The third-order valence-corrected chi connectivity index (χ3v) is 4.64. The molecule has 0 aliphatic carbocycles. The van der Waals surface area contributed by atoms with E-state index in [9.17, 15) is 29.4 Å². The lowest BCUT2D eigenvalue weighted by Crippen LogP contribution is -2.55. The highest BCUT2D eigenvalue weighted by atomic mass is 32.2. The third kappa shape index (κ3) is 8.83. The number of thioether (sulfide) groups is 1. The second kappa shape index (κ2) is 11.9. The molecule has 3 atom stereocenters. The first kappa shape index (κ1) is 24.2. The second-order valence-electron chi connectivity index (χ2n) is 6.39. The molecule has 0 saturated carbocycles. The zero-order valence-electron chi connectivity index (χ0n) is 16.0. The maximum absolute atomic E-state index is 12.6. The molecule has 160 valence electrons. The van der Waals surface area contributed by atoms with Gasteiger partial charge in [-0.2, -0.15) is 11.8 Å². The molecule has 1 aromatic rings. The highest BCUT2D eigenvalue weighted by molar-refractivity contribution is 7.98. The number of rotatable bonds is 12. The van der Waals surface area contributed by atoms with Gasteiger partial charge in [0.2, 0.25) is 17.7 Å². The summed E-state index contributed by atoms with van der Waals surface area (Å²) in [6.45, 7) is 0. The molecule has 8 N–H and O–H groups in total. The minimum Gasteiger partial charge on any atom is -0.508 e. The molecule has 0 heterocycles. The van der Waals surface area contributed by atoms with Crippen LogP contribution in [0.4, 0.5) is 0 Å². The zero-order valence-corrected chi connectivity index (χ0v) is 16.8. The van der Waals surface area contributed by atoms with Gasteiger partial charge in [0.25, 0.3) is 0 Å². The Bertz CT molecular complexity index is 728. The van der Waals surface area contributed by atoms with E-state index in [0.29, 0.717) is 11.3 Å². The van der Waals surface area contributed by atoms with Crippen LogP contribution >= 0.6 is 11.8 Å². The Morgan fingerprint density at radius 1 is 1.07 bits per heavy atom. The molecule has 0 aliphatic rings. The number of hydrogen-bond acceptors (Lipinski definition) is 7. The fourth-order valence-corrected chi connectivity index (χ4v) is 2.90. The summed E-state index contributed by atoms with van der Waals surface area (Å²) >= 11 is 1.45. The van der Waals surface area contributed by atoms with Crippen LogP contribution < -0.4 is 22.1 Å². The number of primary amides is 1. The number of amides is 3. The molecule has 1 rings (SSSR count). The van der Waals surface area contributed by atoms with Crippen LogP contribution in [0, 0.1) is 0 Å². The molecule has 0 aliphatic heterocycles. The van der Waals surface area contributed by atoms with Gasteiger partial charge in [-0.25, -0.2) is 4.79 Å². The van der Waals surface area contributed by atoms with Crippen molar-refractivity contribution in [3.05, 3.63) is 29.8 Å². The molecule has 3 unspecified atom stereocenters. The SMILES string of the molecule is CSCCC(NC(=O)C(N)CC(N)=O)C(=O)NC(Cc1ccc(O)cc1)C(=O)O. The van der Waals surface area contributed by atoms with Crippen LogP contribution in [-0.4, -0.2) is 64.0 Å². The van der Waals surface area contributed by atoms with Gasteiger partial charge in [0.05, 0.1) is 12.5 Å². The summed E-state index contributed by atoms with van der Waals surface area (Å²) in [4.78, 5) is 47.2. The van der Waals surface area contributed by atoms with E-state index in [-0.39, 0.29) is 25.0 Å². The van der Waals surface area contributed by atoms with Crippen molar-refractivity contribution >= 4 is 35.5 Å². The van der Waals surface area contributed by atoms with Crippen molar-refractivity contribution in [2.45, 2.75) is 37.4 Å². The van der Waals surface area contributed by atoms with E-state index in [2.05, 4.69) is 10.6 Å². The van der Waals surface area contributed by atoms with Gasteiger partial charge in [-0.05, 0) is 36.1 Å². The maximum Gasteiger partial charge on any atom is 0.326 e. The molecule has 11 heteroatoms. The average Bonchev–Trinajstić information content (AvgIpc) is 2.65. The van der Waals surface area contributed by atoms with E-state index < -0.39 is 41.8 Å². The Morgan fingerprint density at radius 2 is 1.66 bits per heavy atom. The van der Waals surface area contributed by atoms with Gasteiger partial charge in [-0.3, -0.25) is 14.4 Å². The number of nitrogens with two attached hydrogens (primary N) is 2. The van der Waals surface area contributed by atoms with Crippen molar-refractivity contribution in [3.63, 3.8) is 0 Å². The number of benzene rings is 1. The summed E-state index contributed by atoms with van der Waals surface area (Å²) < 4.78 is 0. The van der Waals surface area contributed by atoms with Crippen molar-refractivity contribution < 1.29 is 29.4 Å². The summed E-state index contributed by atoms with van der Waals surface area (Å²) in [7, 11) is 0. The molecule has 0 saturated heterocycles. The topological polar surface area (TPSA) is 185 Å². The Hall–Kier alpha value is -2.79. The van der Waals surface area contributed by atoms with E-state index in [1.54, 1.807) is 12.1 Å². The van der Waals surface area contributed by atoms with Gasteiger partial charge in [-0.1, -0.05) is 12.1 Å². The number of carbonyl (C=O) groups excluding carboxylic acids is 3. The number of aromatic hydroxyl groups is 1. The monoisotopic (exact) mass is 426 g/mol. The largest absolute Gasteiger partial charge is 0.508 e. The Balaban J connectivity index is 2.83. The van der Waals surface area contributed by atoms with Crippen molar-refractivity contribution in [1.29, 1.82) is 0 Å². The number of carboxylic acid groups (broad SMARTS) is 1. The summed E-state index contributed by atoms with van der Waals surface area (Å²) in [5.41, 5.74) is 11.2. The Kier molecular flexibility index (Phi) is 9.97. The average molecular weight is 426 g/mol. The van der Waals surface area contributed by atoms with E-state index in [1.807, 2.05) is 6.26 Å². The fraction of sp³-hybridized carbons (Fsp3) is 0.444. The van der Waals surface area contributed by atoms with E-state index in [4.69, 9.17) is 11.5 Å². The van der Waals surface area contributed by atoms with Gasteiger partial charge in [0.15, 0.2) is 0 Å². The molecule has 10 nitrogen and oxygen atoms in total. The fourth-order valence-electron chi connectivity index (χ4n) is 2.43. The number of hydrogen-bond donors (Lipinski definition) is 6. The van der Waals surface area contributed by atoms with Crippen molar-refractivity contribution in [3.8, 4) is 5.75 Å². The van der Waals surface area contributed by atoms with Crippen LogP contribution in [0.5, 0.6) is 5.75 Å². The third-order valence-electron chi connectivity index (χ3n) is 3.99. The van der Waals surface area contributed by atoms with Crippen molar-refractivity contribution in [1.82, 2.24) is 10.6 Å². The van der Waals surface area contributed by atoms with Gasteiger partial charge in [0.1, 0.15) is 17.8 Å². The summed E-state index contributed by atoms with van der Waals surface area (Å²) in [6, 6.07) is 2.47. The molecule has 0 fully saturated rings. The number of phenolic OH excluding ortho intramolecular Hbond substituents is 1. The first-order valence-corrected chi connectivity index (χ1v) is 10.2. The van der Waals surface area contributed by atoms with Crippen LogP contribution in [-0.2, 0) is 25.6 Å². The van der Waals surface area contributed by atoms with E-state index >= 15 is 0 Å². The number of nitrogens with one attached hydrogen (secondary N) is 2. The summed E-state index contributed by atoms with van der Waals surface area (Å²) in [5.74, 6) is -2.83. The predicted octanol–water partition coefficient (Wildman–Crippen LogP) is -1.06. The van der Waals surface area contributed by atoms with E-state index in [0.717, 1.165) is 0 Å². The number of aliphatic carboxylic acids is 1. The molecule has 0 aromatic heterocycles. The number of carboxylic acids is 1. The van der Waals surface area contributed by atoms with Crippen molar-refractivity contribution in [2.75, 3.05) is 12.0 Å². The van der Waals surface area contributed by atoms with E-state index in [1.165, 1.54) is 23.9 Å². The molecule has 29 heavy (non-hydrogen) atoms. The van der Waals surface area contributed by atoms with Crippen LogP contribution in [0.25, 0.3) is 0 Å². The molecule has 0 bridgehead atoms. The lowest BCUT2D eigenvalue weighted by Gasteiger charge is -2.22. The second-order valence-corrected chi connectivity index (χ2v) is 7.38. The quantitative estimate of drug-likeness (QED) is 0.244. The van der Waals surface area contributed by atoms with Crippen LogP contribution in [0.1, 0.15) is 18.4 Å². The minimum atomic E-state index is -1.24. The molecular weight excluding hydrogens is 400 g/mol. The van der Waals surface area contributed by atoms with Gasteiger partial charge < -0.3 is 32.3 Å². The summed E-state index contributed by atoms with van der Waals surface area (Å²) in [6.07, 6.45) is 1.68. The summed E-state index contributed by atoms with van der Waals surface area (Å²) in [5, 5.41) is 23.6. The number of carbonyl (C=O) groups is 4. The Morgan fingerprint density at radius 3 is 2.17 bits per heavy atom. The van der Waals surface area contributed by atoms with Crippen LogP contribution in [0.15, 0.2) is 24.3 Å². The lowest BCUT2D eigenvalue weighted by molar-refractivity contribution is -0.142. The standard InChI is InChI=1S/C18H26N4O6S/c1-29-7-6-13(21-16(25)12(19)9-15(20)24)17(26)22-14(18(27)28)8-10-2-4-11(23)5-3-10/h2-5,12-14,23H,6-9,19H2,1H3,(H2,20,24)(H,21,25)(H,22,26)(H,27,28). The Labute approximate surface area is 172 Å². The molecular formula is C18H26N4O6S. The van der Waals surface area contributed by atoms with Gasteiger partial charge >= 0.3 is 5.97 Å². The molecule has 1 aromatic carbocycles. The van der Waals surface area contributed by atoms with Crippen molar-refractivity contribution in [2.24, 2.45) is 11.5 Å². The van der Waals surface area contributed by atoms with Gasteiger partial charge in [-0.15, -0.1) is 0 Å². The van der Waals surface area contributed by atoms with Crippen LogP contribution in [0.3, 0.4) is 0 Å². The van der Waals surface area contributed by atoms with Gasteiger partial charge in [0, 0.05) is 6.42 Å². The van der Waals surface area contributed by atoms with Crippen LogP contribution in [0.2, 0.25) is 0 Å². The first-order chi connectivity index (χ1) is 13.6. The minimum absolute atomic E-state index is 0.00820. The zero-order chi connectivity index (χ0) is 22.0. The lowest BCUT2D eigenvalue weighted by atomic mass is 10.0. The maximum atomic E-state index is 12.6. The number of phenols is 1. The normalized spacial score (nSPS) is 13.7. The highest BCUT2D eigenvalue weighted by Gasteiger charge is 2.28. The molecule has 0 radical (unpaired) electrons. The smallest absolute Gasteiger partial charge is 0.326 e.